The molecule has 0 aromatic carbocycles. The molecule has 0 aromatic heterocycles. The van der Waals surface area contributed by atoms with Gasteiger partial charge >= 0.3 is 35.8 Å². The van der Waals surface area contributed by atoms with Crippen molar-refractivity contribution in [3.05, 3.63) is 0 Å². The molecule has 6 aliphatic rings. The molecular weight excluding hydrogens is 889 g/mol. The topological polar surface area (TPSA) is 185 Å². The standard InChI is InChI=1S/C17H28O5.C16H26O5.C15H24O5.6CH4/c1-5-17(3,4)16(19)22-14-9-11-7-12(14)13(8-11)15(18)21-10-20-6-2;1-5-16(2,3)15(18)21-13-8-10-6-11(13)12(7-10)14(17)20-9-19-4;1-4-9(2)14(16)20-13-7-10-5-11(13)12(6-10)15(17)19-8-18-3;;;;;;/h11-14H,5-10H2,1-4H3;10-13H,5-9H2,1-4H3;9-13H,4-8H2,1-3H3;6*1H4. The zero-order valence-corrected chi connectivity index (χ0v) is 39.9. The van der Waals surface area contributed by atoms with Gasteiger partial charge in [0.1, 0.15) is 18.3 Å². The predicted octanol–water partition coefficient (Wildman–Crippen LogP) is 11.4. The van der Waals surface area contributed by atoms with E-state index in [2.05, 4.69) is 0 Å². The quantitative estimate of drug-likeness (QED) is 0.0514. The van der Waals surface area contributed by atoms with E-state index in [9.17, 15) is 28.8 Å². The van der Waals surface area contributed by atoms with Crippen LogP contribution in [0.1, 0.15) is 184 Å². The van der Waals surface area contributed by atoms with Crippen molar-refractivity contribution in [2.24, 2.45) is 70.0 Å². The average molecular weight is 991 g/mol. The number of rotatable bonds is 19. The fourth-order valence-corrected chi connectivity index (χ4v) is 10.1. The predicted molar refractivity (Wildman–Crippen MR) is 269 cm³/mol. The second-order valence-electron chi connectivity index (χ2n) is 20.0. The third-order valence-corrected chi connectivity index (χ3v) is 15.0. The molecule has 0 aliphatic heterocycles. The van der Waals surface area contributed by atoms with Crippen molar-refractivity contribution in [3.8, 4) is 0 Å². The van der Waals surface area contributed by atoms with Crippen LogP contribution < -0.4 is 0 Å². The van der Waals surface area contributed by atoms with Gasteiger partial charge in [-0.15, -0.1) is 0 Å². The highest BCUT2D eigenvalue weighted by atomic mass is 16.7. The third-order valence-electron chi connectivity index (χ3n) is 15.0. The van der Waals surface area contributed by atoms with Crippen LogP contribution in [0.4, 0.5) is 0 Å². The first-order chi connectivity index (χ1) is 29.8. The molecule has 6 aliphatic carbocycles. The van der Waals surface area contributed by atoms with Crippen molar-refractivity contribution in [2.75, 3.05) is 41.2 Å². The van der Waals surface area contributed by atoms with Gasteiger partial charge in [0.25, 0.3) is 0 Å². The van der Waals surface area contributed by atoms with Crippen LogP contribution in [0.2, 0.25) is 0 Å². The van der Waals surface area contributed by atoms with Crippen LogP contribution in [0.15, 0.2) is 0 Å². The summed E-state index contributed by atoms with van der Waals surface area (Å²) in [6, 6.07) is 0. The van der Waals surface area contributed by atoms with E-state index < -0.39 is 10.8 Å². The Morgan fingerprint density at radius 2 is 0.797 bits per heavy atom. The van der Waals surface area contributed by atoms with Crippen LogP contribution in [-0.4, -0.2) is 95.3 Å². The minimum atomic E-state index is -0.465. The van der Waals surface area contributed by atoms with Gasteiger partial charge < -0.3 is 42.6 Å². The summed E-state index contributed by atoms with van der Waals surface area (Å²) < 4.78 is 46.9. The molecule has 6 bridgehead atoms. The van der Waals surface area contributed by atoms with E-state index in [1.807, 2.05) is 62.3 Å². The number of hydrogen-bond donors (Lipinski definition) is 0. The van der Waals surface area contributed by atoms with Crippen LogP contribution in [0.5, 0.6) is 0 Å². The van der Waals surface area contributed by atoms with E-state index in [1.54, 1.807) is 0 Å². The average Bonchev–Trinajstić information content (AvgIpc) is 4.15. The molecule has 6 saturated carbocycles. The van der Waals surface area contributed by atoms with Gasteiger partial charge in [-0.05, 0) is 129 Å². The lowest BCUT2D eigenvalue weighted by Gasteiger charge is -2.31. The fourth-order valence-electron chi connectivity index (χ4n) is 10.1. The highest BCUT2D eigenvalue weighted by Crippen LogP contribution is 2.52. The Morgan fingerprint density at radius 3 is 1.07 bits per heavy atom. The first-order valence-electron chi connectivity index (χ1n) is 23.5. The van der Waals surface area contributed by atoms with E-state index in [1.165, 1.54) is 14.2 Å². The zero-order chi connectivity index (χ0) is 46.6. The summed E-state index contributed by atoms with van der Waals surface area (Å²) >= 11 is 0. The molecule has 69 heavy (non-hydrogen) atoms. The summed E-state index contributed by atoms with van der Waals surface area (Å²) in [6.07, 6.45) is 9.94. The van der Waals surface area contributed by atoms with Crippen molar-refractivity contribution >= 4 is 35.8 Å². The Morgan fingerprint density at radius 1 is 0.478 bits per heavy atom. The summed E-state index contributed by atoms with van der Waals surface area (Å²) in [7, 11) is 2.98. The van der Waals surface area contributed by atoms with Crippen LogP contribution in [0.25, 0.3) is 0 Å². The van der Waals surface area contributed by atoms with Crippen LogP contribution in [-0.2, 0) is 71.4 Å². The van der Waals surface area contributed by atoms with Gasteiger partial charge in [-0.2, -0.15) is 0 Å². The lowest BCUT2D eigenvalue weighted by Crippen LogP contribution is -2.37. The summed E-state index contributed by atoms with van der Waals surface area (Å²) in [5, 5.41) is 0. The molecule has 6 fully saturated rings. The molecule has 0 heterocycles. The number of fused-ring (bicyclic) bond motifs is 6. The lowest BCUT2D eigenvalue weighted by atomic mass is 9.86. The number of carbonyl (C=O) groups excluding carboxylic acids is 6. The Hall–Kier alpha value is -3.30. The van der Waals surface area contributed by atoms with Gasteiger partial charge in [0.2, 0.25) is 0 Å². The summed E-state index contributed by atoms with van der Waals surface area (Å²) in [5.41, 5.74) is -0.930. The van der Waals surface area contributed by atoms with E-state index in [-0.39, 0.29) is 160 Å². The minimum absolute atomic E-state index is 0. The van der Waals surface area contributed by atoms with Crippen LogP contribution in [0, 0.1) is 70.0 Å². The van der Waals surface area contributed by atoms with E-state index in [4.69, 9.17) is 42.6 Å². The molecule has 15 nitrogen and oxygen atoms in total. The van der Waals surface area contributed by atoms with Crippen molar-refractivity contribution in [1.82, 2.24) is 0 Å². The molecule has 0 amide bonds. The van der Waals surface area contributed by atoms with Crippen molar-refractivity contribution in [3.63, 3.8) is 0 Å². The van der Waals surface area contributed by atoms with Gasteiger partial charge in [0.15, 0.2) is 20.4 Å². The Balaban J connectivity index is -0.000000908. The Kier molecular flexibility index (Phi) is 32.4. The lowest BCUT2D eigenvalue weighted by molar-refractivity contribution is -0.172. The first kappa shape index (κ1) is 70.0. The number of esters is 6. The maximum absolute atomic E-state index is 12.3. The molecule has 0 N–H and O–H groups in total. The van der Waals surface area contributed by atoms with Crippen LogP contribution in [0.3, 0.4) is 0 Å². The molecular formula is C54H102O15. The van der Waals surface area contributed by atoms with Gasteiger partial charge in [0, 0.05) is 38.6 Å². The molecule has 15 heteroatoms. The second kappa shape index (κ2) is 31.9. The monoisotopic (exact) mass is 991 g/mol. The highest BCUT2D eigenvalue weighted by molar-refractivity contribution is 5.78. The summed E-state index contributed by atoms with van der Waals surface area (Å²) in [5.74, 6) is 0.123. The van der Waals surface area contributed by atoms with Gasteiger partial charge in [0.05, 0.1) is 34.5 Å². The van der Waals surface area contributed by atoms with Crippen molar-refractivity contribution < 1.29 is 71.4 Å². The maximum Gasteiger partial charge on any atom is 0.311 e. The number of methoxy groups -OCH3 is 2. The first-order valence-corrected chi connectivity index (χ1v) is 23.5. The summed E-state index contributed by atoms with van der Waals surface area (Å²) in [4.78, 5) is 72.5. The maximum atomic E-state index is 12.3. The third kappa shape index (κ3) is 18.4. The fraction of sp³-hybridized carbons (Fsp3) is 0.889. The van der Waals surface area contributed by atoms with E-state index in [0.717, 1.165) is 77.0 Å². The molecule has 0 radical (unpaired) electrons. The molecule has 0 spiro atoms. The Labute approximate surface area is 419 Å². The van der Waals surface area contributed by atoms with Crippen molar-refractivity contribution in [2.45, 2.75) is 202 Å². The molecule has 6 rings (SSSR count). The number of hydrogen-bond acceptors (Lipinski definition) is 15. The number of carbonyl (C=O) groups is 6. The van der Waals surface area contributed by atoms with E-state index in [0.29, 0.717) is 24.4 Å². The van der Waals surface area contributed by atoms with Crippen LogP contribution >= 0.6 is 0 Å². The van der Waals surface area contributed by atoms with Gasteiger partial charge in [-0.1, -0.05) is 72.3 Å². The molecule has 408 valence electrons. The normalized spacial score (nSPS) is 28.7. The Bertz CT molecular complexity index is 1540. The minimum Gasteiger partial charge on any atom is -0.462 e. The summed E-state index contributed by atoms with van der Waals surface area (Å²) in [6.45, 7) is 17.8. The molecule has 13 atom stereocenters. The molecule has 0 saturated heterocycles. The smallest absolute Gasteiger partial charge is 0.311 e. The van der Waals surface area contributed by atoms with Gasteiger partial charge in [-0.3, -0.25) is 28.8 Å². The second-order valence-corrected chi connectivity index (χ2v) is 20.0. The molecule has 0 aromatic rings. The number of ether oxygens (including phenoxy) is 9. The highest BCUT2D eigenvalue weighted by Gasteiger charge is 2.54. The largest absolute Gasteiger partial charge is 0.462 e. The van der Waals surface area contributed by atoms with E-state index >= 15 is 0 Å². The van der Waals surface area contributed by atoms with Gasteiger partial charge in [-0.25, -0.2) is 0 Å². The zero-order valence-electron chi connectivity index (χ0n) is 39.9. The SMILES string of the molecule is C.C.C.C.C.C.CCC(C)(C)C(=O)OC1CC2CC(C(=O)OCOC)C1C2.CCC(C)C(=O)OC1CC2CC(C(=O)OCOC)C1C2.CCOCOC(=O)C1CC2CC(OC(=O)C(C)(C)CC)C1C2. The molecule has 13 unspecified atom stereocenters. The van der Waals surface area contributed by atoms with Crippen molar-refractivity contribution in [1.29, 1.82) is 0 Å².